The third kappa shape index (κ3) is 0.889. The van der Waals surface area contributed by atoms with Crippen molar-refractivity contribution in [3.8, 4) is 0 Å². The molecule has 0 N–H and O–H groups in total. The van der Waals surface area contributed by atoms with Crippen molar-refractivity contribution in [2.75, 3.05) is 0 Å². The molecule has 3 saturated carbocycles. The highest BCUT2D eigenvalue weighted by molar-refractivity contribution is 4.95. The third-order valence-corrected chi connectivity index (χ3v) is 3.62. The van der Waals surface area contributed by atoms with Gasteiger partial charge in [0.25, 0.3) is 0 Å². The van der Waals surface area contributed by atoms with E-state index in [9.17, 15) is 0 Å². The van der Waals surface area contributed by atoms with Crippen LogP contribution in [0.5, 0.6) is 0 Å². The highest BCUT2D eigenvalue weighted by Gasteiger charge is 2.45. The molecule has 0 nitrogen and oxygen atoms in total. The van der Waals surface area contributed by atoms with Gasteiger partial charge in [0.05, 0.1) is 0 Å². The van der Waals surface area contributed by atoms with E-state index in [2.05, 4.69) is 6.92 Å². The summed E-state index contributed by atoms with van der Waals surface area (Å²) in [6.07, 6.45) is 9.16. The lowest BCUT2D eigenvalue weighted by Crippen LogP contribution is -2.27. The van der Waals surface area contributed by atoms with Gasteiger partial charge < -0.3 is 0 Å². The number of fused-ring (bicyclic) bond motifs is 1. The van der Waals surface area contributed by atoms with Crippen LogP contribution in [0, 0.1) is 17.8 Å². The van der Waals surface area contributed by atoms with Crippen LogP contribution in [0.1, 0.15) is 45.4 Å². The summed E-state index contributed by atoms with van der Waals surface area (Å²) < 4.78 is 0. The molecule has 0 aromatic rings. The first-order valence-electron chi connectivity index (χ1n) is 4.92. The number of hydrogen-bond acceptors (Lipinski definition) is 0. The minimum Gasteiger partial charge on any atom is -0.0654 e. The van der Waals surface area contributed by atoms with Crippen LogP contribution in [0.2, 0.25) is 0 Å². The van der Waals surface area contributed by atoms with E-state index in [0.717, 1.165) is 0 Å². The van der Waals surface area contributed by atoms with Gasteiger partial charge in [-0.2, -0.15) is 0 Å². The average molecular weight is 138 g/mol. The minimum atomic E-state index is 1.18. The number of hydrogen-bond donors (Lipinski definition) is 0. The van der Waals surface area contributed by atoms with E-state index in [1.165, 1.54) is 30.6 Å². The molecule has 2 atom stereocenters. The second-order valence-corrected chi connectivity index (χ2v) is 4.14. The van der Waals surface area contributed by atoms with Crippen molar-refractivity contribution < 1.29 is 0 Å². The highest BCUT2D eigenvalue weighted by Crippen LogP contribution is 2.55. The van der Waals surface area contributed by atoms with Crippen LogP contribution >= 0.6 is 0 Å². The Morgan fingerprint density at radius 1 is 1.20 bits per heavy atom. The van der Waals surface area contributed by atoms with Gasteiger partial charge in [-0.15, -0.1) is 0 Å². The van der Waals surface area contributed by atoms with Crippen molar-refractivity contribution in [1.29, 1.82) is 0 Å². The van der Waals surface area contributed by atoms with E-state index in [-0.39, 0.29) is 0 Å². The fourth-order valence-electron chi connectivity index (χ4n) is 2.93. The van der Waals surface area contributed by atoms with Gasteiger partial charge in [-0.05, 0) is 43.4 Å². The molecule has 58 valence electrons. The maximum absolute atomic E-state index is 2.31. The molecule has 0 heterocycles. The second-order valence-electron chi connectivity index (χ2n) is 4.14. The summed E-state index contributed by atoms with van der Waals surface area (Å²) in [7, 11) is 0. The topological polar surface area (TPSA) is 0 Å². The van der Waals surface area contributed by atoms with E-state index in [0.29, 0.717) is 0 Å². The lowest BCUT2D eigenvalue weighted by atomic mass is 9.70. The average Bonchev–Trinajstić information content (AvgIpc) is 2.46. The van der Waals surface area contributed by atoms with Gasteiger partial charge in [0.2, 0.25) is 0 Å². The molecule has 0 spiro atoms. The summed E-state index contributed by atoms with van der Waals surface area (Å²) >= 11 is 0. The number of rotatable bonds is 3. The molecule has 0 radical (unpaired) electrons. The summed E-state index contributed by atoms with van der Waals surface area (Å²) in [4.78, 5) is 0. The van der Waals surface area contributed by atoms with Crippen molar-refractivity contribution >= 4 is 0 Å². The fraction of sp³-hybridized carbons (Fsp3) is 1.00. The zero-order valence-corrected chi connectivity index (χ0v) is 6.97. The molecule has 3 fully saturated rings. The van der Waals surface area contributed by atoms with Gasteiger partial charge in [-0.1, -0.05) is 19.8 Å². The molecule has 2 bridgehead atoms. The molecule has 0 saturated heterocycles. The Labute approximate surface area is 64.0 Å². The van der Waals surface area contributed by atoms with Gasteiger partial charge in [-0.25, -0.2) is 0 Å². The Hall–Kier alpha value is 0. The fourth-order valence-corrected chi connectivity index (χ4v) is 2.93. The lowest BCUT2D eigenvalue weighted by Gasteiger charge is -2.35. The zero-order valence-electron chi connectivity index (χ0n) is 6.97. The van der Waals surface area contributed by atoms with Crippen LogP contribution < -0.4 is 0 Å². The lowest BCUT2D eigenvalue weighted by molar-refractivity contribution is 0.142. The normalized spacial score (nSPS) is 43.5. The SMILES string of the molecule is CCCCC1C2CCC1C2. The molecule has 0 aromatic heterocycles. The van der Waals surface area contributed by atoms with E-state index in [1.54, 1.807) is 25.7 Å². The summed E-state index contributed by atoms with van der Waals surface area (Å²) in [5.41, 5.74) is 0. The molecular weight excluding hydrogens is 120 g/mol. The zero-order chi connectivity index (χ0) is 6.97. The summed E-state index contributed by atoms with van der Waals surface area (Å²) in [6.45, 7) is 2.31. The standard InChI is InChI=1S/C10H18/c1-2-3-4-10-8-5-6-9(10)7-8/h8-10H,2-7H2,1H3. The van der Waals surface area contributed by atoms with Crippen LogP contribution in [0.25, 0.3) is 0 Å². The van der Waals surface area contributed by atoms with Crippen molar-refractivity contribution in [3.63, 3.8) is 0 Å². The monoisotopic (exact) mass is 138 g/mol. The summed E-state index contributed by atoms with van der Waals surface area (Å²) in [5.74, 6) is 3.54. The predicted octanol–water partition coefficient (Wildman–Crippen LogP) is 3.22. The first-order valence-corrected chi connectivity index (χ1v) is 4.92. The molecule has 3 aliphatic rings. The minimum absolute atomic E-state index is 1.18. The highest BCUT2D eigenvalue weighted by atomic mass is 14.5. The number of unbranched alkanes of at least 4 members (excludes halogenated alkanes) is 1. The van der Waals surface area contributed by atoms with Crippen LogP contribution in [0.15, 0.2) is 0 Å². The first kappa shape index (κ1) is 6.69. The maximum atomic E-state index is 2.31. The predicted molar refractivity (Wildman–Crippen MR) is 43.8 cm³/mol. The van der Waals surface area contributed by atoms with Gasteiger partial charge in [0.15, 0.2) is 0 Å². The Balaban J connectivity index is 1.75. The largest absolute Gasteiger partial charge is 0.0654 e. The van der Waals surface area contributed by atoms with Crippen LogP contribution in [-0.4, -0.2) is 0 Å². The van der Waals surface area contributed by atoms with Crippen LogP contribution in [-0.2, 0) is 0 Å². The second kappa shape index (κ2) is 2.56. The Kier molecular flexibility index (Phi) is 1.71. The molecule has 3 rings (SSSR count). The summed E-state index contributed by atoms with van der Waals surface area (Å²) in [6, 6.07) is 0. The van der Waals surface area contributed by atoms with Gasteiger partial charge >= 0.3 is 0 Å². The van der Waals surface area contributed by atoms with E-state index >= 15 is 0 Å². The molecule has 3 aliphatic carbocycles. The molecule has 0 heteroatoms. The molecule has 0 aromatic carbocycles. The molecule has 0 aliphatic heterocycles. The Morgan fingerprint density at radius 2 is 1.90 bits per heavy atom. The van der Waals surface area contributed by atoms with Gasteiger partial charge in [0.1, 0.15) is 0 Å². The van der Waals surface area contributed by atoms with Crippen LogP contribution in [0.3, 0.4) is 0 Å². The quantitative estimate of drug-likeness (QED) is 0.561. The van der Waals surface area contributed by atoms with E-state index in [1.807, 2.05) is 0 Å². The van der Waals surface area contributed by atoms with Crippen LogP contribution in [0.4, 0.5) is 0 Å². The van der Waals surface area contributed by atoms with Crippen molar-refractivity contribution in [1.82, 2.24) is 0 Å². The van der Waals surface area contributed by atoms with E-state index in [4.69, 9.17) is 0 Å². The van der Waals surface area contributed by atoms with Crippen molar-refractivity contribution in [2.24, 2.45) is 17.8 Å². The smallest absolute Gasteiger partial charge is 0.0357 e. The molecular formula is C10H18. The summed E-state index contributed by atoms with van der Waals surface area (Å²) in [5, 5.41) is 0. The molecule has 2 unspecified atom stereocenters. The molecule has 10 heavy (non-hydrogen) atoms. The maximum Gasteiger partial charge on any atom is -0.0357 e. The Morgan fingerprint density at radius 3 is 2.40 bits per heavy atom. The Bertz CT molecular complexity index is 103. The first-order chi connectivity index (χ1) is 4.92. The van der Waals surface area contributed by atoms with E-state index < -0.39 is 0 Å². The van der Waals surface area contributed by atoms with Crippen molar-refractivity contribution in [2.45, 2.75) is 45.4 Å². The third-order valence-electron chi connectivity index (χ3n) is 3.62. The van der Waals surface area contributed by atoms with Gasteiger partial charge in [-0.3, -0.25) is 0 Å². The van der Waals surface area contributed by atoms with Gasteiger partial charge in [0, 0.05) is 0 Å². The molecule has 0 amide bonds. The van der Waals surface area contributed by atoms with Crippen molar-refractivity contribution in [3.05, 3.63) is 0 Å².